The molecule has 0 amide bonds. The van der Waals surface area contributed by atoms with Crippen LogP contribution < -0.4 is 0 Å². The van der Waals surface area contributed by atoms with Crippen molar-refractivity contribution in [2.24, 2.45) is 0 Å². The summed E-state index contributed by atoms with van der Waals surface area (Å²) in [6.07, 6.45) is 4.14. The molecule has 1 atom stereocenters. The first-order valence-corrected chi connectivity index (χ1v) is 3.37. The SMILES string of the molecule is OCC1C=CCS1. The molecule has 0 fully saturated rings. The van der Waals surface area contributed by atoms with Crippen LogP contribution in [0.2, 0.25) is 0 Å². The van der Waals surface area contributed by atoms with Gasteiger partial charge in [-0.2, -0.15) is 0 Å². The number of aliphatic hydroxyl groups is 1. The van der Waals surface area contributed by atoms with Gasteiger partial charge in [0.2, 0.25) is 0 Å². The van der Waals surface area contributed by atoms with Crippen LogP contribution in [-0.4, -0.2) is 22.7 Å². The van der Waals surface area contributed by atoms with Crippen LogP contribution in [0.1, 0.15) is 0 Å². The van der Waals surface area contributed by atoms with Gasteiger partial charge in [-0.25, -0.2) is 0 Å². The Balaban J connectivity index is 2.28. The highest BCUT2D eigenvalue weighted by Crippen LogP contribution is 2.17. The van der Waals surface area contributed by atoms with Crippen molar-refractivity contribution in [3.8, 4) is 0 Å². The monoisotopic (exact) mass is 116 g/mol. The van der Waals surface area contributed by atoms with E-state index < -0.39 is 0 Å². The molecular weight excluding hydrogens is 108 g/mol. The van der Waals surface area contributed by atoms with Gasteiger partial charge >= 0.3 is 0 Å². The Hall–Kier alpha value is 0.0500. The van der Waals surface area contributed by atoms with Gasteiger partial charge in [0.25, 0.3) is 0 Å². The third kappa shape index (κ3) is 1.21. The molecule has 1 rings (SSSR count). The smallest absolute Gasteiger partial charge is 0.0585 e. The lowest BCUT2D eigenvalue weighted by Gasteiger charge is -1.96. The fourth-order valence-corrected chi connectivity index (χ4v) is 1.35. The molecule has 0 radical (unpaired) electrons. The number of hydrogen-bond donors (Lipinski definition) is 1. The van der Waals surface area contributed by atoms with Gasteiger partial charge in [0.05, 0.1) is 6.61 Å². The summed E-state index contributed by atoms with van der Waals surface area (Å²) in [6.45, 7) is 0.293. The predicted molar refractivity (Wildman–Crippen MR) is 32.5 cm³/mol. The fourth-order valence-electron chi connectivity index (χ4n) is 0.556. The van der Waals surface area contributed by atoms with E-state index in [4.69, 9.17) is 5.11 Å². The summed E-state index contributed by atoms with van der Waals surface area (Å²) in [7, 11) is 0. The van der Waals surface area contributed by atoms with Gasteiger partial charge < -0.3 is 5.11 Å². The van der Waals surface area contributed by atoms with E-state index >= 15 is 0 Å². The molecule has 1 aliphatic rings. The van der Waals surface area contributed by atoms with Crippen LogP contribution in [0.15, 0.2) is 12.2 Å². The van der Waals surface area contributed by atoms with Crippen molar-refractivity contribution >= 4 is 11.8 Å². The Morgan fingerprint density at radius 3 is 3.00 bits per heavy atom. The van der Waals surface area contributed by atoms with E-state index in [9.17, 15) is 0 Å². The summed E-state index contributed by atoms with van der Waals surface area (Å²) in [4.78, 5) is 0. The normalized spacial score (nSPS) is 29.0. The van der Waals surface area contributed by atoms with Crippen LogP contribution in [0.25, 0.3) is 0 Å². The minimum Gasteiger partial charge on any atom is -0.395 e. The van der Waals surface area contributed by atoms with Gasteiger partial charge in [-0.1, -0.05) is 12.2 Å². The van der Waals surface area contributed by atoms with Gasteiger partial charge in [-0.3, -0.25) is 0 Å². The molecule has 1 aliphatic heterocycles. The molecule has 1 unspecified atom stereocenters. The van der Waals surface area contributed by atoms with E-state index in [0.717, 1.165) is 5.75 Å². The molecule has 0 saturated carbocycles. The van der Waals surface area contributed by atoms with Crippen LogP contribution >= 0.6 is 11.8 Å². The van der Waals surface area contributed by atoms with Gasteiger partial charge in [0, 0.05) is 11.0 Å². The topological polar surface area (TPSA) is 20.2 Å². The average molecular weight is 116 g/mol. The zero-order chi connectivity index (χ0) is 5.11. The number of hydrogen-bond acceptors (Lipinski definition) is 2. The summed E-state index contributed by atoms with van der Waals surface area (Å²) in [5.41, 5.74) is 0. The maximum atomic E-state index is 8.49. The second-order valence-corrected chi connectivity index (χ2v) is 2.75. The highest BCUT2D eigenvalue weighted by atomic mass is 32.2. The molecule has 1 N–H and O–H groups in total. The molecule has 0 spiro atoms. The van der Waals surface area contributed by atoms with E-state index in [1.165, 1.54) is 0 Å². The molecule has 1 heterocycles. The molecule has 0 aromatic carbocycles. The largest absolute Gasteiger partial charge is 0.395 e. The summed E-state index contributed by atoms with van der Waals surface area (Å²) in [5.74, 6) is 1.07. The molecule has 2 heteroatoms. The predicted octanol–water partition coefficient (Wildman–Crippen LogP) is 0.650. The van der Waals surface area contributed by atoms with Gasteiger partial charge in [-0.15, -0.1) is 11.8 Å². The minimum atomic E-state index is 0.293. The van der Waals surface area contributed by atoms with Crippen LogP contribution in [0.3, 0.4) is 0 Å². The van der Waals surface area contributed by atoms with E-state index in [1.54, 1.807) is 11.8 Å². The van der Waals surface area contributed by atoms with E-state index in [1.807, 2.05) is 6.08 Å². The average Bonchev–Trinajstić information content (AvgIpc) is 2.14. The van der Waals surface area contributed by atoms with Crippen LogP contribution in [0, 0.1) is 0 Å². The van der Waals surface area contributed by atoms with Crippen LogP contribution in [0.4, 0.5) is 0 Å². The molecule has 0 aromatic rings. The molecule has 40 valence electrons. The lowest BCUT2D eigenvalue weighted by atomic mass is 10.4. The van der Waals surface area contributed by atoms with Gasteiger partial charge in [0.1, 0.15) is 0 Å². The molecular formula is C5H8OS. The Morgan fingerprint density at radius 2 is 2.71 bits per heavy atom. The van der Waals surface area contributed by atoms with Crippen molar-refractivity contribution in [2.75, 3.05) is 12.4 Å². The van der Waals surface area contributed by atoms with Crippen LogP contribution in [0.5, 0.6) is 0 Å². The highest BCUT2D eigenvalue weighted by Gasteiger charge is 2.05. The van der Waals surface area contributed by atoms with E-state index in [-0.39, 0.29) is 0 Å². The molecule has 0 aliphatic carbocycles. The van der Waals surface area contributed by atoms with Crippen LogP contribution in [-0.2, 0) is 0 Å². The standard InChI is InChI=1S/C5H8OS/c6-4-5-2-1-3-7-5/h1-2,5-6H,3-4H2. The maximum absolute atomic E-state index is 8.49. The third-order valence-corrected chi connectivity index (χ3v) is 2.06. The summed E-state index contributed by atoms with van der Waals surface area (Å²) in [6, 6.07) is 0. The summed E-state index contributed by atoms with van der Waals surface area (Å²) < 4.78 is 0. The highest BCUT2D eigenvalue weighted by molar-refractivity contribution is 8.00. The quantitative estimate of drug-likeness (QED) is 0.508. The molecule has 0 aromatic heterocycles. The molecule has 7 heavy (non-hydrogen) atoms. The number of aliphatic hydroxyl groups excluding tert-OH is 1. The van der Waals surface area contributed by atoms with E-state index in [2.05, 4.69) is 6.08 Å². The maximum Gasteiger partial charge on any atom is 0.0585 e. The molecule has 1 nitrogen and oxygen atoms in total. The van der Waals surface area contributed by atoms with Crippen molar-refractivity contribution in [1.82, 2.24) is 0 Å². The first kappa shape index (κ1) is 5.19. The lowest BCUT2D eigenvalue weighted by molar-refractivity contribution is 0.307. The minimum absolute atomic E-state index is 0.293. The fraction of sp³-hybridized carbons (Fsp3) is 0.600. The van der Waals surface area contributed by atoms with Crippen molar-refractivity contribution in [3.05, 3.63) is 12.2 Å². The molecule has 0 bridgehead atoms. The zero-order valence-corrected chi connectivity index (χ0v) is 4.82. The van der Waals surface area contributed by atoms with Crippen molar-refractivity contribution in [2.45, 2.75) is 5.25 Å². The summed E-state index contributed by atoms with van der Waals surface area (Å²) in [5, 5.41) is 8.88. The number of rotatable bonds is 1. The van der Waals surface area contributed by atoms with E-state index in [0.29, 0.717) is 11.9 Å². The Morgan fingerprint density at radius 1 is 1.86 bits per heavy atom. The summed E-state index contributed by atoms with van der Waals surface area (Å²) >= 11 is 1.78. The first-order chi connectivity index (χ1) is 3.43. The Labute approximate surface area is 47.4 Å². The first-order valence-electron chi connectivity index (χ1n) is 2.32. The van der Waals surface area contributed by atoms with Gasteiger partial charge in [0.15, 0.2) is 0 Å². The van der Waals surface area contributed by atoms with Gasteiger partial charge in [-0.05, 0) is 0 Å². The number of thioether (sulfide) groups is 1. The van der Waals surface area contributed by atoms with Crippen molar-refractivity contribution in [3.63, 3.8) is 0 Å². The van der Waals surface area contributed by atoms with Crippen molar-refractivity contribution < 1.29 is 5.11 Å². The Bertz CT molecular complexity index is 80.1. The molecule has 0 saturated heterocycles. The van der Waals surface area contributed by atoms with Crippen molar-refractivity contribution in [1.29, 1.82) is 0 Å². The lowest BCUT2D eigenvalue weighted by Crippen LogP contribution is -1.99. The Kier molecular flexibility index (Phi) is 1.77. The second-order valence-electron chi connectivity index (χ2n) is 1.48. The second kappa shape index (κ2) is 2.38. The third-order valence-electron chi connectivity index (χ3n) is 0.937. The zero-order valence-electron chi connectivity index (χ0n) is 4.00.